The number of benzene rings is 2. The Balaban J connectivity index is 1.59. The third kappa shape index (κ3) is 4.51. The van der Waals surface area contributed by atoms with Crippen LogP contribution in [0.2, 0.25) is 0 Å². The Bertz CT molecular complexity index is 1180. The second kappa shape index (κ2) is 8.53. The highest BCUT2D eigenvalue weighted by Gasteiger charge is 2.12. The molecule has 4 aromatic rings. The van der Waals surface area contributed by atoms with Crippen LogP contribution in [-0.4, -0.2) is 33.6 Å². The number of anilines is 3. The normalized spacial score (nSPS) is 11.1. The Morgan fingerprint density at radius 2 is 1.72 bits per heavy atom. The number of hydrogen-bond donors (Lipinski definition) is 2. The molecule has 2 N–H and O–H groups in total. The molecule has 2 aromatic carbocycles. The van der Waals surface area contributed by atoms with E-state index in [-0.39, 0.29) is 5.65 Å². The molecular weight excluding hydrogens is 506 g/mol. The second-order valence-corrected chi connectivity index (χ2v) is 7.50. The molecule has 9 nitrogen and oxygen atoms in total. The molecule has 0 fully saturated rings. The van der Waals surface area contributed by atoms with Crippen molar-refractivity contribution >= 4 is 66.7 Å². The molecule has 0 saturated carbocycles. The minimum Gasteiger partial charge on any atom is -0.496 e. The van der Waals surface area contributed by atoms with Crippen molar-refractivity contribution in [2.24, 2.45) is 5.10 Å². The summed E-state index contributed by atoms with van der Waals surface area (Å²) in [5.41, 5.74) is 5.14. The average molecular weight is 519 g/mol. The third-order valence-electron chi connectivity index (χ3n) is 3.78. The smallest absolute Gasteiger partial charge is 0.245 e. The van der Waals surface area contributed by atoms with E-state index >= 15 is 0 Å². The summed E-state index contributed by atoms with van der Waals surface area (Å²) in [4.78, 5) is 8.77. The molecule has 0 aliphatic carbocycles. The van der Waals surface area contributed by atoms with Crippen molar-refractivity contribution in [2.75, 3.05) is 17.9 Å². The molecule has 146 valence electrons. The van der Waals surface area contributed by atoms with Gasteiger partial charge in [-0.3, -0.25) is 5.43 Å². The van der Waals surface area contributed by atoms with Gasteiger partial charge in [0.05, 0.1) is 17.8 Å². The lowest BCUT2D eigenvalue weighted by Crippen LogP contribution is -2.03. The fourth-order valence-corrected chi connectivity index (χ4v) is 3.23. The lowest BCUT2D eigenvalue weighted by atomic mass is 10.2. The number of ether oxygens (including phenoxy) is 1. The van der Waals surface area contributed by atoms with Crippen LogP contribution in [0.15, 0.2) is 61.1 Å². The van der Waals surface area contributed by atoms with Crippen molar-refractivity contribution in [3.05, 3.63) is 57.0 Å². The maximum atomic E-state index is 5.23. The van der Waals surface area contributed by atoms with Gasteiger partial charge in [0, 0.05) is 10.2 Å². The molecule has 29 heavy (non-hydrogen) atoms. The molecule has 0 aliphatic rings. The summed E-state index contributed by atoms with van der Waals surface area (Å²) in [6.45, 7) is 0. The quantitative estimate of drug-likeness (QED) is 0.278. The number of rotatable bonds is 6. The van der Waals surface area contributed by atoms with E-state index in [1.54, 1.807) is 13.3 Å². The summed E-state index contributed by atoms with van der Waals surface area (Å²) >= 11 is 6.87. The molecular formula is C18H13Br2N7O2. The Labute approximate surface area is 181 Å². The zero-order chi connectivity index (χ0) is 20.2. The molecule has 2 aromatic heterocycles. The van der Waals surface area contributed by atoms with Crippen molar-refractivity contribution in [2.45, 2.75) is 0 Å². The predicted molar refractivity (Wildman–Crippen MR) is 117 cm³/mol. The first-order chi connectivity index (χ1) is 14.1. The highest BCUT2D eigenvalue weighted by atomic mass is 79.9. The summed E-state index contributed by atoms with van der Waals surface area (Å²) in [5.74, 6) is 1.55. The fourth-order valence-electron chi connectivity index (χ4n) is 2.40. The maximum Gasteiger partial charge on any atom is 0.245 e. The Morgan fingerprint density at radius 1 is 1.00 bits per heavy atom. The van der Waals surface area contributed by atoms with Crippen LogP contribution in [0.3, 0.4) is 0 Å². The predicted octanol–water partition coefficient (Wildman–Crippen LogP) is 4.74. The molecule has 11 heteroatoms. The van der Waals surface area contributed by atoms with Crippen LogP contribution in [-0.2, 0) is 0 Å². The number of hydrogen-bond acceptors (Lipinski definition) is 9. The van der Waals surface area contributed by atoms with Crippen LogP contribution in [0.4, 0.5) is 17.3 Å². The molecule has 0 spiro atoms. The van der Waals surface area contributed by atoms with Crippen molar-refractivity contribution in [1.82, 2.24) is 20.3 Å². The van der Waals surface area contributed by atoms with Crippen molar-refractivity contribution in [1.29, 1.82) is 0 Å². The average Bonchev–Trinajstić information content (AvgIpc) is 3.17. The van der Waals surface area contributed by atoms with Gasteiger partial charge in [0.1, 0.15) is 5.75 Å². The minimum absolute atomic E-state index is 0.274. The van der Waals surface area contributed by atoms with E-state index in [1.165, 1.54) is 0 Å². The van der Waals surface area contributed by atoms with Crippen LogP contribution in [0.25, 0.3) is 11.3 Å². The van der Waals surface area contributed by atoms with Gasteiger partial charge >= 0.3 is 0 Å². The zero-order valence-corrected chi connectivity index (χ0v) is 18.1. The molecule has 0 aliphatic heterocycles. The molecule has 0 unspecified atom stereocenters. The number of halogens is 2. The number of nitrogens with one attached hydrogen (secondary N) is 2. The van der Waals surface area contributed by atoms with Crippen LogP contribution in [0.1, 0.15) is 5.56 Å². The van der Waals surface area contributed by atoms with E-state index in [0.29, 0.717) is 17.3 Å². The zero-order valence-electron chi connectivity index (χ0n) is 14.9. The summed E-state index contributed by atoms with van der Waals surface area (Å²) in [5, 5.41) is 14.9. The van der Waals surface area contributed by atoms with Gasteiger partial charge in [-0.2, -0.15) is 10.1 Å². The van der Waals surface area contributed by atoms with Crippen molar-refractivity contribution in [3.63, 3.8) is 0 Å². The number of nitrogens with zero attached hydrogens (tertiary/aromatic N) is 5. The molecule has 2 heterocycles. The molecule has 0 saturated heterocycles. The van der Waals surface area contributed by atoms with Gasteiger partial charge < -0.3 is 10.1 Å². The van der Waals surface area contributed by atoms with Gasteiger partial charge in [-0.25, -0.2) is 9.61 Å². The summed E-state index contributed by atoms with van der Waals surface area (Å²) < 4.78 is 11.7. The maximum absolute atomic E-state index is 5.23. The highest BCUT2D eigenvalue weighted by molar-refractivity contribution is 9.10. The molecule has 0 radical (unpaired) electrons. The van der Waals surface area contributed by atoms with E-state index < -0.39 is 0 Å². The number of methoxy groups -OCH3 is 1. The van der Waals surface area contributed by atoms with Crippen LogP contribution < -0.4 is 15.5 Å². The first-order valence-electron chi connectivity index (χ1n) is 8.28. The highest BCUT2D eigenvalue weighted by Crippen LogP contribution is 2.26. The van der Waals surface area contributed by atoms with Crippen LogP contribution in [0.5, 0.6) is 5.75 Å². The van der Waals surface area contributed by atoms with Crippen LogP contribution in [0, 0.1) is 0 Å². The Kier molecular flexibility index (Phi) is 5.67. The molecule has 0 atom stereocenters. The van der Waals surface area contributed by atoms with E-state index in [2.05, 4.69) is 68.0 Å². The standard InChI is InChI=1S/C18H13Br2N7O2/c1-28-14-7-2-10(8-13(14)20)9-21-25-16-15(22-12-5-3-11(19)4-6-12)23-17-18(24-16)27-29-26-17/h2-9H,1H3,(H,22,23,26)(H,24,25,27)/b21-9+. The minimum atomic E-state index is 0.274. The van der Waals surface area contributed by atoms with Gasteiger partial charge in [0.15, 0.2) is 11.6 Å². The van der Waals surface area contributed by atoms with Crippen molar-refractivity contribution < 1.29 is 9.37 Å². The van der Waals surface area contributed by atoms with Crippen molar-refractivity contribution in [3.8, 4) is 5.75 Å². The summed E-state index contributed by atoms with van der Waals surface area (Å²) in [6, 6.07) is 13.3. The second-order valence-electron chi connectivity index (χ2n) is 5.73. The fraction of sp³-hybridized carbons (Fsp3) is 0.0556. The topological polar surface area (TPSA) is 110 Å². The lowest BCUT2D eigenvalue weighted by Gasteiger charge is -2.09. The van der Waals surface area contributed by atoms with E-state index in [0.717, 1.165) is 25.9 Å². The van der Waals surface area contributed by atoms with Gasteiger partial charge in [-0.05, 0) is 74.3 Å². The SMILES string of the molecule is COc1ccc(/C=N/Nc2nc3nonc3nc2Nc2ccc(Br)cc2)cc1Br. The lowest BCUT2D eigenvalue weighted by molar-refractivity contribution is 0.314. The number of aromatic nitrogens is 4. The first-order valence-corrected chi connectivity index (χ1v) is 9.86. The largest absolute Gasteiger partial charge is 0.496 e. The van der Waals surface area contributed by atoms with Gasteiger partial charge in [-0.15, -0.1) is 0 Å². The third-order valence-corrected chi connectivity index (χ3v) is 4.93. The van der Waals surface area contributed by atoms with E-state index in [9.17, 15) is 0 Å². The number of hydrazone groups is 1. The monoisotopic (exact) mass is 517 g/mol. The van der Waals surface area contributed by atoms with Gasteiger partial charge in [0.2, 0.25) is 11.3 Å². The molecule has 0 bridgehead atoms. The Morgan fingerprint density at radius 3 is 2.41 bits per heavy atom. The van der Waals surface area contributed by atoms with Gasteiger partial charge in [0.25, 0.3) is 0 Å². The summed E-state index contributed by atoms with van der Waals surface area (Å²) in [7, 11) is 1.61. The van der Waals surface area contributed by atoms with Crippen LogP contribution >= 0.6 is 31.9 Å². The summed E-state index contributed by atoms with van der Waals surface area (Å²) in [6.07, 6.45) is 1.65. The Hall–Kier alpha value is -3.05. The number of fused-ring (bicyclic) bond motifs is 1. The van der Waals surface area contributed by atoms with Gasteiger partial charge in [-0.1, -0.05) is 15.9 Å². The van der Waals surface area contributed by atoms with E-state index in [1.807, 2.05) is 42.5 Å². The first kappa shape index (κ1) is 19.3. The van der Waals surface area contributed by atoms with E-state index in [4.69, 9.17) is 9.37 Å². The molecule has 0 amide bonds. The molecule has 4 rings (SSSR count).